The van der Waals surface area contributed by atoms with Gasteiger partial charge in [0.15, 0.2) is 11.4 Å². The number of carbonyl (C=O) groups is 2. The number of nitro benzene ring substituents is 1. The summed E-state index contributed by atoms with van der Waals surface area (Å²) in [6, 6.07) is 10.5. The van der Waals surface area contributed by atoms with Gasteiger partial charge < -0.3 is 14.2 Å². The molecule has 0 aromatic heterocycles. The molecule has 9 heteroatoms. The number of aliphatic imine (C=N–C) groups is 1. The average molecular weight is 382 g/mol. The number of hydrogen-bond acceptors (Lipinski definition) is 8. The summed E-state index contributed by atoms with van der Waals surface area (Å²) in [6.45, 7) is 0. The quantitative estimate of drug-likeness (QED) is 0.338. The molecule has 0 aliphatic carbocycles. The van der Waals surface area contributed by atoms with Crippen LogP contribution in [-0.4, -0.2) is 37.0 Å². The Morgan fingerprint density at radius 3 is 2.50 bits per heavy atom. The largest absolute Gasteiger partial charge is 0.490 e. The molecule has 0 fully saturated rings. The lowest BCUT2D eigenvalue weighted by molar-refractivity contribution is -0.385. The number of esters is 2. The maximum Gasteiger partial charge on any atom is 0.363 e. The molecule has 0 N–H and O–H groups in total. The molecule has 2 aromatic rings. The van der Waals surface area contributed by atoms with Gasteiger partial charge in [0.2, 0.25) is 5.90 Å². The predicted molar refractivity (Wildman–Crippen MR) is 98.0 cm³/mol. The highest BCUT2D eigenvalue weighted by Crippen LogP contribution is 2.29. The van der Waals surface area contributed by atoms with Gasteiger partial charge in [-0.2, -0.15) is 0 Å². The van der Waals surface area contributed by atoms with E-state index in [1.165, 1.54) is 38.5 Å². The zero-order chi connectivity index (χ0) is 20.3. The van der Waals surface area contributed by atoms with E-state index in [-0.39, 0.29) is 28.6 Å². The van der Waals surface area contributed by atoms with Crippen molar-refractivity contribution in [2.24, 2.45) is 4.99 Å². The Morgan fingerprint density at radius 1 is 1.18 bits per heavy atom. The van der Waals surface area contributed by atoms with Crippen LogP contribution in [0.15, 0.2) is 53.2 Å². The van der Waals surface area contributed by atoms with Crippen LogP contribution in [0, 0.1) is 10.1 Å². The summed E-state index contributed by atoms with van der Waals surface area (Å²) in [6.07, 6.45) is 1.48. The van der Waals surface area contributed by atoms with E-state index >= 15 is 0 Å². The minimum absolute atomic E-state index is 0.0271. The summed E-state index contributed by atoms with van der Waals surface area (Å²) in [4.78, 5) is 38.2. The molecule has 28 heavy (non-hydrogen) atoms. The smallest absolute Gasteiger partial charge is 0.363 e. The SMILES string of the molecule is COC(=O)c1ccc(C=C2N=C(c3ccc(OC)c([N+](=O)[O-])c3)OC2=O)cc1. The molecule has 1 aliphatic heterocycles. The van der Waals surface area contributed by atoms with Gasteiger partial charge in [0.1, 0.15) is 0 Å². The number of cyclic esters (lactones) is 1. The molecule has 0 saturated carbocycles. The van der Waals surface area contributed by atoms with Crippen molar-refractivity contribution in [2.75, 3.05) is 14.2 Å². The lowest BCUT2D eigenvalue weighted by Crippen LogP contribution is -2.06. The summed E-state index contributed by atoms with van der Waals surface area (Å²) in [5.41, 5.74) is 1.01. The van der Waals surface area contributed by atoms with Crippen LogP contribution in [0.25, 0.3) is 6.08 Å². The number of rotatable bonds is 5. The first-order valence-corrected chi connectivity index (χ1v) is 7.96. The fourth-order valence-electron chi connectivity index (χ4n) is 2.49. The number of nitrogens with zero attached hydrogens (tertiary/aromatic N) is 2. The normalized spacial score (nSPS) is 14.4. The van der Waals surface area contributed by atoms with Crippen molar-refractivity contribution in [3.8, 4) is 5.75 Å². The number of nitro groups is 1. The van der Waals surface area contributed by atoms with E-state index in [2.05, 4.69) is 9.73 Å². The molecule has 142 valence electrons. The van der Waals surface area contributed by atoms with Gasteiger partial charge in [0.25, 0.3) is 0 Å². The van der Waals surface area contributed by atoms with Crippen LogP contribution in [0.3, 0.4) is 0 Å². The Labute approximate surface area is 159 Å². The number of ether oxygens (including phenoxy) is 3. The first kappa shape index (κ1) is 18.8. The number of methoxy groups -OCH3 is 2. The molecule has 0 amide bonds. The molecule has 9 nitrogen and oxygen atoms in total. The maximum absolute atomic E-state index is 12.1. The van der Waals surface area contributed by atoms with Gasteiger partial charge in [-0.1, -0.05) is 12.1 Å². The first-order chi connectivity index (χ1) is 13.4. The number of carbonyl (C=O) groups excluding carboxylic acids is 2. The Kier molecular flexibility index (Phi) is 5.16. The van der Waals surface area contributed by atoms with Gasteiger partial charge in [0.05, 0.1) is 24.7 Å². The topological polar surface area (TPSA) is 117 Å². The van der Waals surface area contributed by atoms with Crippen LogP contribution >= 0.6 is 0 Å². The molecule has 0 spiro atoms. The standard InChI is InChI=1S/C19H14N2O7/c1-26-16-8-7-13(10-15(16)21(24)25)17-20-14(19(23)28-17)9-11-3-5-12(6-4-11)18(22)27-2/h3-10H,1-2H3. The fourth-order valence-corrected chi connectivity index (χ4v) is 2.49. The fraction of sp³-hybridized carbons (Fsp3) is 0.105. The molecule has 0 unspecified atom stereocenters. The lowest BCUT2D eigenvalue weighted by Gasteiger charge is -2.03. The molecule has 0 atom stereocenters. The van der Waals surface area contributed by atoms with Gasteiger partial charge in [-0.3, -0.25) is 10.1 Å². The third-order valence-corrected chi connectivity index (χ3v) is 3.88. The molecular weight excluding hydrogens is 368 g/mol. The molecular formula is C19H14N2O7. The molecule has 3 rings (SSSR count). The van der Waals surface area contributed by atoms with Gasteiger partial charge in [-0.25, -0.2) is 14.6 Å². The summed E-state index contributed by atoms with van der Waals surface area (Å²) < 4.78 is 14.7. The second kappa shape index (κ2) is 7.70. The van der Waals surface area contributed by atoms with Crippen molar-refractivity contribution in [1.29, 1.82) is 0 Å². The van der Waals surface area contributed by atoms with Crippen molar-refractivity contribution in [3.63, 3.8) is 0 Å². The highest BCUT2D eigenvalue weighted by molar-refractivity contribution is 6.13. The van der Waals surface area contributed by atoms with E-state index in [1.807, 2.05) is 0 Å². The van der Waals surface area contributed by atoms with Crippen molar-refractivity contribution in [1.82, 2.24) is 0 Å². The number of benzene rings is 2. The maximum atomic E-state index is 12.1. The van der Waals surface area contributed by atoms with E-state index in [9.17, 15) is 19.7 Å². The highest BCUT2D eigenvalue weighted by atomic mass is 16.6. The van der Waals surface area contributed by atoms with Crippen LogP contribution in [-0.2, 0) is 14.3 Å². The Hall–Kier alpha value is -4.01. The molecule has 1 heterocycles. The van der Waals surface area contributed by atoms with Crippen LogP contribution in [0.4, 0.5) is 5.69 Å². The molecule has 0 saturated heterocycles. The third kappa shape index (κ3) is 3.73. The Bertz CT molecular complexity index is 1020. The van der Waals surface area contributed by atoms with Gasteiger partial charge in [-0.15, -0.1) is 0 Å². The molecule has 1 aliphatic rings. The summed E-state index contributed by atoms with van der Waals surface area (Å²) in [5.74, 6) is -1.13. The second-order valence-electron chi connectivity index (χ2n) is 5.59. The highest BCUT2D eigenvalue weighted by Gasteiger charge is 2.26. The molecule has 0 radical (unpaired) electrons. The zero-order valence-corrected chi connectivity index (χ0v) is 14.9. The van der Waals surface area contributed by atoms with Crippen LogP contribution in [0.2, 0.25) is 0 Å². The predicted octanol–water partition coefficient (Wildman–Crippen LogP) is 2.73. The Morgan fingerprint density at radius 2 is 1.89 bits per heavy atom. The minimum atomic E-state index is -0.689. The third-order valence-electron chi connectivity index (χ3n) is 3.88. The zero-order valence-electron chi connectivity index (χ0n) is 14.9. The van der Waals surface area contributed by atoms with Crippen LogP contribution in [0.1, 0.15) is 21.5 Å². The van der Waals surface area contributed by atoms with Gasteiger partial charge in [-0.05, 0) is 35.9 Å². The van der Waals surface area contributed by atoms with E-state index in [1.54, 1.807) is 24.3 Å². The number of hydrogen-bond donors (Lipinski definition) is 0. The van der Waals surface area contributed by atoms with Crippen molar-refractivity contribution in [2.45, 2.75) is 0 Å². The minimum Gasteiger partial charge on any atom is -0.490 e. The van der Waals surface area contributed by atoms with E-state index in [4.69, 9.17) is 9.47 Å². The van der Waals surface area contributed by atoms with E-state index in [0.717, 1.165) is 0 Å². The van der Waals surface area contributed by atoms with Crippen molar-refractivity contribution < 1.29 is 28.7 Å². The first-order valence-electron chi connectivity index (χ1n) is 7.96. The van der Waals surface area contributed by atoms with Crippen LogP contribution in [0.5, 0.6) is 5.75 Å². The second-order valence-corrected chi connectivity index (χ2v) is 5.59. The monoisotopic (exact) mass is 382 g/mol. The van der Waals surface area contributed by atoms with E-state index < -0.39 is 16.9 Å². The van der Waals surface area contributed by atoms with E-state index in [0.29, 0.717) is 11.1 Å². The van der Waals surface area contributed by atoms with Gasteiger partial charge in [0, 0.05) is 11.6 Å². The van der Waals surface area contributed by atoms with Crippen molar-refractivity contribution in [3.05, 3.63) is 75.0 Å². The van der Waals surface area contributed by atoms with Gasteiger partial charge >= 0.3 is 17.6 Å². The van der Waals surface area contributed by atoms with Crippen LogP contribution < -0.4 is 4.74 Å². The molecule has 0 bridgehead atoms. The summed E-state index contributed by atoms with van der Waals surface area (Å²) in [7, 11) is 2.61. The van der Waals surface area contributed by atoms with Crippen molar-refractivity contribution >= 4 is 29.6 Å². The average Bonchev–Trinajstić information content (AvgIpc) is 3.07. The summed E-state index contributed by atoms with van der Waals surface area (Å²) >= 11 is 0. The Balaban J connectivity index is 1.90. The lowest BCUT2D eigenvalue weighted by atomic mass is 10.1. The summed E-state index contributed by atoms with van der Waals surface area (Å²) in [5, 5.41) is 11.1. The molecule has 2 aromatic carbocycles.